The van der Waals surface area contributed by atoms with E-state index >= 15 is 0 Å². The molecule has 3 heterocycles. The van der Waals surface area contributed by atoms with E-state index in [4.69, 9.17) is 14.2 Å². The lowest BCUT2D eigenvalue weighted by Gasteiger charge is -2.53. The number of fused-ring (bicyclic) bond motifs is 2. The predicted molar refractivity (Wildman–Crippen MR) is 121 cm³/mol. The quantitative estimate of drug-likeness (QED) is 0.565. The first-order valence-electron chi connectivity index (χ1n) is 11.6. The molecule has 2 aromatic rings. The molecule has 2 amide bonds. The van der Waals surface area contributed by atoms with Crippen molar-refractivity contribution in [3.8, 4) is 0 Å². The molecule has 10 heteroatoms. The number of Topliss-reactive ketones (excluding diaryl/α,β-unsaturated/α-hetero) is 2. The molecule has 36 heavy (non-hydrogen) atoms. The number of hydrogen-bond donors (Lipinski definition) is 2. The summed E-state index contributed by atoms with van der Waals surface area (Å²) in [6, 6.07) is 13.0. The fourth-order valence-electron chi connectivity index (χ4n) is 5.05. The molecule has 0 saturated carbocycles. The Morgan fingerprint density at radius 1 is 0.972 bits per heavy atom. The number of imide groups is 1. The summed E-state index contributed by atoms with van der Waals surface area (Å²) in [5, 5.41) is 23.1. The van der Waals surface area contributed by atoms with Gasteiger partial charge >= 0.3 is 0 Å². The zero-order chi connectivity index (χ0) is 25.6. The maximum atomic E-state index is 13.6. The van der Waals surface area contributed by atoms with Gasteiger partial charge in [0.2, 0.25) is 0 Å². The van der Waals surface area contributed by atoms with E-state index in [0.29, 0.717) is 10.5 Å². The van der Waals surface area contributed by atoms with Crippen molar-refractivity contribution in [1.29, 1.82) is 0 Å². The molecule has 0 bridgehead atoms. The van der Waals surface area contributed by atoms with Crippen molar-refractivity contribution in [3.05, 3.63) is 71.3 Å². The van der Waals surface area contributed by atoms with Crippen molar-refractivity contribution < 1.29 is 43.6 Å². The molecule has 5 rings (SSSR count). The Balaban J connectivity index is 1.57. The van der Waals surface area contributed by atoms with Gasteiger partial charge in [0.25, 0.3) is 11.8 Å². The minimum atomic E-state index is -2.58. The summed E-state index contributed by atoms with van der Waals surface area (Å²) in [7, 11) is 0. The van der Waals surface area contributed by atoms with Crippen LogP contribution in [0.25, 0.3) is 0 Å². The zero-order valence-corrected chi connectivity index (χ0v) is 19.4. The van der Waals surface area contributed by atoms with Gasteiger partial charge in [0.1, 0.15) is 24.0 Å². The molecule has 2 saturated heterocycles. The monoisotopic (exact) mass is 495 g/mol. The van der Waals surface area contributed by atoms with Crippen LogP contribution in [0.2, 0.25) is 0 Å². The Kier molecular flexibility index (Phi) is 6.31. The normalized spacial score (nSPS) is 31.6. The van der Waals surface area contributed by atoms with E-state index < -0.39 is 54.0 Å². The lowest BCUT2D eigenvalue weighted by Crippen LogP contribution is -2.76. The number of carbonyl (C=O) groups is 4. The molecule has 0 radical (unpaired) electrons. The summed E-state index contributed by atoms with van der Waals surface area (Å²) in [5.41, 5.74) is -1.82. The number of aliphatic hydroxyl groups is 2. The lowest BCUT2D eigenvalue weighted by molar-refractivity contribution is -0.359. The molecule has 188 valence electrons. The molecule has 2 fully saturated rings. The standard InChI is InChI=1S/C26H25NO9/c1-14(28)11-12-19(29)26(33)20(27-22(30)16-9-5-6-10-17(16)23(27)31)24(32)35-18-13-34-25(36-21(18)26)15-7-3-2-4-8-15/h2-10,18,20-21,24-25,32-33H,11-13H2,1H3/t18-,20+,21-,24-,25?,26-/m1/s1. The van der Waals surface area contributed by atoms with E-state index in [9.17, 15) is 29.4 Å². The van der Waals surface area contributed by atoms with Gasteiger partial charge in [0.05, 0.1) is 17.7 Å². The zero-order valence-electron chi connectivity index (χ0n) is 19.4. The first-order chi connectivity index (χ1) is 17.2. The number of nitrogens with zero attached hydrogens (tertiary/aromatic N) is 1. The van der Waals surface area contributed by atoms with Gasteiger partial charge in [-0.3, -0.25) is 19.3 Å². The van der Waals surface area contributed by atoms with Crippen LogP contribution in [0.5, 0.6) is 0 Å². The van der Waals surface area contributed by atoms with E-state index in [1.807, 2.05) is 0 Å². The van der Waals surface area contributed by atoms with E-state index in [-0.39, 0.29) is 36.4 Å². The van der Waals surface area contributed by atoms with E-state index in [0.717, 1.165) is 0 Å². The molecule has 3 aliphatic heterocycles. The second-order valence-corrected chi connectivity index (χ2v) is 9.12. The van der Waals surface area contributed by atoms with Gasteiger partial charge in [0.15, 0.2) is 24.0 Å². The molecule has 2 aromatic carbocycles. The highest BCUT2D eigenvalue weighted by atomic mass is 16.7. The molecule has 2 N–H and O–H groups in total. The summed E-state index contributed by atoms with van der Waals surface area (Å²) < 4.78 is 17.4. The van der Waals surface area contributed by atoms with Crippen LogP contribution in [0.15, 0.2) is 54.6 Å². The van der Waals surface area contributed by atoms with Gasteiger partial charge in [0, 0.05) is 18.4 Å². The number of rotatable bonds is 6. The minimum Gasteiger partial charge on any atom is -0.377 e. The average molecular weight is 495 g/mol. The fraction of sp³-hybridized carbons (Fsp3) is 0.385. The Morgan fingerprint density at radius 2 is 1.58 bits per heavy atom. The van der Waals surface area contributed by atoms with Crippen LogP contribution >= 0.6 is 0 Å². The fourth-order valence-corrected chi connectivity index (χ4v) is 5.05. The molecule has 0 aromatic heterocycles. The second kappa shape index (κ2) is 9.30. The number of amides is 2. The van der Waals surface area contributed by atoms with Crippen LogP contribution in [0.1, 0.15) is 52.3 Å². The van der Waals surface area contributed by atoms with E-state index in [1.165, 1.54) is 19.1 Å². The van der Waals surface area contributed by atoms with Crippen molar-refractivity contribution in [2.24, 2.45) is 0 Å². The molecule has 6 atom stereocenters. The highest BCUT2D eigenvalue weighted by Crippen LogP contribution is 2.43. The lowest BCUT2D eigenvalue weighted by atomic mass is 9.76. The number of hydrogen-bond acceptors (Lipinski definition) is 9. The number of ketones is 2. The highest BCUT2D eigenvalue weighted by molar-refractivity contribution is 6.22. The Labute approximate surface area is 206 Å². The minimum absolute atomic E-state index is 0.0745. The number of carbonyl (C=O) groups excluding carboxylic acids is 4. The molecule has 0 aliphatic carbocycles. The third-order valence-electron chi connectivity index (χ3n) is 6.81. The van der Waals surface area contributed by atoms with Crippen LogP contribution in [-0.2, 0) is 23.8 Å². The number of benzene rings is 2. The van der Waals surface area contributed by atoms with Crippen molar-refractivity contribution >= 4 is 23.4 Å². The first-order valence-corrected chi connectivity index (χ1v) is 11.6. The van der Waals surface area contributed by atoms with Gasteiger partial charge in [-0.25, -0.2) is 0 Å². The summed E-state index contributed by atoms with van der Waals surface area (Å²) in [4.78, 5) is 52.4. The second-order valence-electron chi connectivity index (χ2n) is 9.12. The van der Waals surface area contributed by atoms with Crippen LogP contribution in [0.3, 0.4) is 0 Å². The van der Waals surface area contributed by atoms with Gasteiger partial charge in [-0.15, -0.1) is 0 Å². The molecule has 0 spiro atoms. The van der Waals surface area contributed by atoms with Gasteiger partial charge in [-0.05, 0) is 19.1 Å². The SMILES string of the molecule is CC(=O)CCC(=O)[C@]1(O)[C@@H]2OC(c3ccccc3)OC[C@H]2O[C@@H](O)[C@@H]1N1C(=O)c2ccccc2C1=O. The molecule has 3 aliphatic rings. The molecule has 1 unspecified atom stereocenters. The van der Waals surface area contributed by atoms with Crippen LogP contribution in [-0.4, -0.2) is 75.2 Å². The van der Waals surface area contributed by atoms with Gasteiger partial charge < -0.3 is 29.2 Å². The summed E-state index contributed by atoms with van der Waals surface area (Å²) in [6.45, 7) is 1.16. The smallest absolute Gasteiger partial charge is 0.262 e. The number of aliphatic hydroxyl groups excluding tert-OH is 1. The first kappa shape index (κ1) is 24.4. The summed E-state index contributed by atoms with van der Waals surface area (Å²) >= 11 is 0. The predicted octanol–water partition coefficient (Wildman–Crippen LogP) is 1.15. The Morgan fingerprint density at radius 3 is 2.19 bits per heavy atom. The van der Waals surface area contributed by atoms with Crippen molar-refractivity contribution in [2.75, 3.05) is 6.61 Å². The Hall–Kier alpha value is -3.28. The maximum Gasteiger partial charge on any atom is 0.262 e. The van der Waals surface area contributed by atoms with Crippen LogP contribution < -0.4 is 0 Å². The van der Waals surface area contributed by atoms with Crippen molar-refractivity contribution in [3.63, 3.8) is 0 Å². The highest BCUT2D eigenvalue weighted by Gasteiger charge is 2.66. The third kappa shape index (κ3) is 3.87. The third-order valence-corrected chi connectivity index (χ3v) is 6.81. The van der Waals surface area contributed by atoms with E-state index in [2.05, 4.69) is 0 Å². The Bertz CT molecular complexity index is 1180. The van der Waals surface area contributed by atoms with Crippen molar-refractivity contribution in [1.82, 2.24) is 4.90 Å². The summed E-state index contributed by atoms with van der Waals surface area (Å²) in [6.07, 6.45) is -5.96. The number of ether oxygens (including phenoxy) is 3. The summed E-state index contributed by atoms with van der Waals surface area (Å²) in [5.74, 6) is -2.72. The average Bonchev–Trinajstić information content (AvgIpc) is 3.13. The van der Waals surface area contributed by atoms with Gasteiger partial charge in [-0.1, -0.05) is 42.5 Å². The topological polar surface area (TPSA) is 140 Å². The van der Waals surface area contributed by atoms with Crippen LogP contribution in [0.4, 0.5) is 0 Å². The van der Waals surface area contributed by atoms with Crippen molar-refractivity contribution in [2.45, 2.75) is 56.2 Å². The van der Waals surface area contributed by atoms with Crippen LogP contribution in [0, 0.1) is 0 Å². The molecular weight excluding hydrogens is 470 g/mol. The molecule has 10 nitrogen and oxygen atoms in total. The maximum absolute atomic E-state index is 13.6. The molecular formula is C26H25NO9. The van der Waals surface area contributed by atoms with E-state index in [1.54, 1.807) is 42.5 Å². The van der Waals surface area contributed by atoms with Gasteiger partial charge in [-0.2, -0.15) is 0 Å². The largest absolute Gasteiger partial charge is 0.377 e.